The molecule has 0 N–H and O–H groups in total. The highest BCUT2D eigenvalue weighted by molar-refractivity contribution is 6.00. The quantitative estimate of drug-likeness (QED) is 0.572. The van der Waals surface area contributed by atoms with Crippen molar-refractivity contribution in [3.8, 4) is 11.8 Å². The lowest BCUT2D eigenvalue weighted by Gasteiger charge is -2.16. The van der Waals surface area contributed by atoms with Gasteiger partial charge < -0.3 is 4.74 Å². The van der Waals surface area contributed by atoms with Crippen LogP contribution < -0.4 is 0 Å². The maximum Gasteiger partial charge on any atom is 0.325 e. The van der Waals surface area contributed by atoms with Gasteiger partial charge in [0, 0.05) is 5.57 Å². The van der Waals surface area contributed by atoms with Crippen molar-refractivity contribution in [3.63, 3.8) is 0 Å². The average molecular weight is 226 g/mol. The number of ether oxygens (including phenoxy) is 1. The molecule has 0 aromatic heterocycles. The first-order valence-corrected chi connectivity index (χ1v) is 5.48. The number of esters is 1. The molecule has 0 amide bonds. The second kappa shape index (κ2) is 4.10. The Bertz CT molecular complexity index is 543. The van der Waals surface area contributed by atoms with E-state index >= 15 is 0 Å². The van der Waals surface area contributed by atoms with E-state index in [1.165, 1.54) is 7.11 Å². The second-order valence-corrected chi connectivity index (χ2v) is 3.98. The number of hydrogen-bond donors (Lipinski definition) is 0. The van der Waals surface area contributed by atoms with Crippen LogP contribution in [0, 0.1) is 11.8 Å². The lowest BCUT2D eigenvalue weighted by molar-refractivity contribution is -0.143. The van der Waals surface area contributed by atoms with Gasteiger partial charge in [0.25, 0.3) is 0 Å². The Hall–Kier alpha value is -2.01. The van der Waals surface area contributed by atoms with E-state index in [1.807, 2.05) is 37.3 Å². The van der Waals surface area contributed by atoms with Gasteiger partial charge in [-0.2, -0.15) is 0 Å². The number of benzene rings is 1. The zero-order chi connectivity index (χ0) is 12.5. The van der Waals surface area contributed by atoms with Gasteiger partial charge in [-0.25, -0.2) is 0 Å². The van der Waals surface area contributed by atoms with Crippen LogP contribution in [0.3, 0.4) is 0 Å². The van der Waals surface area contributed by atoms with E-state index in [4.69, 9.17) is 4.74 Å². The van der Waals surface area contributed by atoms with Crippen molar-refractivity contribution in [1.82, 2.24) is 0 Å². The molecule has 1 aromatic carbocycles. The van der Waals surface area contributed by atoms with Crippen LogP contribution in [0.5, 0.6) is 0 Å². The summed E-state index contributed by atoms with van der Waals surface area (Å²) in [5, 5.41) is 0. The molecule has 17 heavy (non-hydrogen) atoms. The molecular weight excluding hydrogens is 212 g/mol. The first kappa shape index (κ1) is 11.5. The average Bonchev–Trinajstić information content (AvgIpc) is 2.96. The van der Waals surface area contributed by atoms with Gasteiger partial charge in [0.05, 0.1) is 7.11 Å². The summed E-state index contributed by atoms with van der Waals surface area (Å²) in [5.74, 6) is 5.60. The molecule has 0 fully saturated rings. The largest absolute Gasteiger partial charge is 0.468 e. The van der Waals surface area contributed by atoms with E-state index in [2.05, 4.69) is 11.8 Å². The van der Waals surface area contributed by atoms with Crippen LogP contribution in [0.2, 0.25) is 0 Å². The predicted molar refractivity (Wildman–Crippen MR) is 66.3 cm³/mol. The third-order valence-electron chi connectivity index (χ3n) is 3.20. The van der Waals surface area contributed by atoms with Gasteiger partial charge in [-0.3, -0.25) is 4.79 Å². The van der Waals surface area contributed by atoms with Crippen molar-refractivity contribution in [3.05, 3.63) is 47.0 Å². The first-order chi connectivity index (χ1) is 8.19. The fourth-order valence-electron chi connectivity index (χ4n) is 2.29. The summed E-state index contributed by atoms with van der Waals surface area (Å²) in [6, 6.07) is 9.64. The summed E-state index contributed by atoms with van der Waals surface area (Å²) in [6.07, 6.45) is 0. The maximum absolute atomic E-state index is 12.1. The Balaban J connectivity index is 2.50. The molecule has 2 rings (SSSR count). The van der Waals surface area contributed by atoms with E-state index in [0.29, 0.717) is 0 Å². The molecule has 1 aliphatic carbocycles. The molecule has 0 aliphatic heterocycles. The third kappa shape index (κ3) is 1.47. The summed E-state index contributed by atoms with van der Waals surface area (Å²) < 4.78 is 4.93. The monoisotopic (exact) mass is 226 g/mol. The van der Waals surface area contributed by atoms with Crippen LogP contribution in [0.15, 0.2) is 41.5 Å². The zero-order valence-electron chi connectivity index (χ0n) is 10.2. The Kier molecular flexibility index (Phi) is 2.77. The predicted octanol–water partition coefficient (Wildman–Crippen LogP) is 2.45. The Morgan fingerprint density at radius 2 is 1.94 bits per heavy atom. The number of carbonyl (C=O) groups excluding carboxylic acids is 1. The molecule has 2 heteroatoms. The topological polar surface area (TPSA) is 26.3 Å². The molecule has 1 aliphatic rings. The summed E-state index contributed by atoms with van der Waals surface area (Å²) in [5.41, 5.74) is 2.07. The Morgan fingerprint density at radius 1 is 1.29 bits per heavy atom. The minimum Gasteiger partial charge on any atom is -0.468 e. The van der Waals surface area contributed by atoms with E-state index < -0.39 is 5.41 Å². The molecule has 86 valence electrons. The zero-order valence-corrected chi connectivity index (χ0v) is 10.2. The van der Waals surface area contributed by atoms with Crippen molar-refractivity contribution in [2.75, 3.05) is 7.11 Å². The molecule has 0 heterocycles. The van der Waals surface area contributed by atoms with Crippen molar-refractivity contribution >= 4 is 5.97 Å². The standard InChI is InChI=1S/C15H14O2/c1-4-8-13-11(2)15(13,14(16)17-3)12-9-6-5-7-10-12/h5-7,9-10H,1-3H3. The Morgan fingerprint density at radius 3 is 2.47 bits per heavy atom. The van der Waals surface area contributed by atoms with Gasteiger partial charge in [0.2, 0.25) is 0 Å². The van der Waals surface area contributed by atoms with Gasteiger partial charge in [-0.1, -0.05) is 36.3 Å². The fraction of sp³-hybridized carbons (Fsp3) is 0.267. The van der Waals surface area contributed by atoms with Crippen LogP contribution in [0.1, 0.15) is 19.4 Å². The summed E-state index contributed by atoms with van der Waals surface area (Å²) in [6.45, 7) is 3.70. The SMILES string of the molecule is CC#CC1=C(C)C1(C(=O)OC)c1ccccc1. The van der Waals surface area contributed by atoms with Gasteiger partial charge in [-0.05, 0) is 25.0 Å². The molecule has 2 nitrogen and oxygen atoms in total. The minimum absolute atomic E-state index is 0.251. The fourth-order valence-corrected chi connectivity index (χ4v) is 2.29. The van der Waals surface area contributed by atoms with Crippen LogP contribution in [-0.4, -0.2) is 13.1 Å². The van der Waals surface area contributed by atoms with Gasteiger partial charge in [0.15, 0.2) is 0 Å². The smallest absolute Gasteiger partial charge is 0.325 e. The van der Waals surface area contributed by atoms with Gasteiger partial charge in [0.1, 0.15) is 5.41 Å². The molecule has 0 spiro atoms. The summed E-state index contributed by atoms with van der Waals surface area (Å²) in [4.78, 5) is 12.1. The number of methoxy groups -OCH3 is 1. The normalized spacial score (nSPS) is 21.6. The summed E-state index contributed by atoms with van der Waals surface area (Å²) in [7, 11) is 1.41. The van der Waals surface area contributed by atoms with Crippen LogP contribution in [0.25, 0.3) is 0 Å². The highest BCUT2D eigenvalue weighted by Gasteiger charge is 2.58. The summed E-state index contributed by atoms with van der Waals surface area (Å²) >= 11 is 0. The van der Waals surface area contributed by atoms with Gasteiger partial charge in [-0.15, -0.1) is 5.92 Å². The van der Waals surface area contributed by atoms with Crippen molar-refractivity contribution < 1.29 is 9.53 Å². The van der Waals surface area contributed by atoms with Crippen LogP contribution >= 0.6 is 0 Å². The number of hydrogen-bond acceptors (Lipinski definition) is 2. The van der Waals surface area contributed by atoms with E-state index in [0.717, 1.165) is 16.7 Å². The molecule has 0 radical (unpaired) electrons. The van der Waals surface area contributed by atoms with E-state index in [-0.39, 0.29) is 5.97 Å². The molecule has 1 unspecified atom stereocenters. The van der Waals surface area contributed by atoms with Crippen molar-refractivity contribution in [2.24, 2.45) is 0 Å². The molecule has 0 bridgehead atoms. The van der Waals surface area contributed by atoms with E-state index in [9.17, 15) is 4.79 Å². The Labute approximate surface area is 101 Å². The molecule has 1 aromatic rings. The highest BCUT2D eigenvalue weighted by atomic mass is 16.5. The van der Waals surface area contributed by atoms with E-state index in [1.54, 1.807) is 6.92 Å². The lowest BCUT2D eigenvalue weighted by atomic mass is 9.88. The molecule has 1 atom stereocenters. The highest BCUT2D eigenvalue weighted by Crippen LogP contribution is 2.54. The molecular formula is C15H14O2. The lowest BCUT2D eigenvalue weighted by Crippen LogP contribution is -2.27. The maximum atomic E-state index is 12.1. The third-order valence-corrected chi connectivity index (χ3v) is 3.20. The van der Waals surface area contributed by atoms with Gasteiger partial charge >= 0.3 is 5.97 Å². The number of carbonyl (C=O) groups is 1. The van der Waals surface area contributed by atoms with Crippen LogP contribution in [0.4, 0.5) is 0 Å². The van der Waals surface area contributed by atoms with Crippen molar-refractivity contribution in [1.29, 1.82) is 0 Å². The minimum atomic E-state index is -0.723. The molecule has 0 saturated heterocycles. The molecule has 0 saturated carbocycles. The van der Waals surface area contributed by atoms with Crippen LogP contribution in [-0.2, 0) is 14.9 Å². The second-order valence-electron chi connectivity index (χ2n) is 3.98. The van der Waals surface area contributed by atoms with Crippen molar-refractivity contribution in [2.45, 2.75) is 19.3 Å². The number of rotatable bonds is 2. The first-order valence-electron chi connectivity index (χ1n) is 5.48.